The van der Waals surface area contributed by atoms with Gasteiger partial charge >= 0.3 is 0 Å². The van der Waals surface area contributed by atoms with Gasteiger partial charge in [-0.1, -0.05) is 19.8 Å². The van der Waals surface area contributed by atoms with Gasteiger partial charge in [0.2, 0.25) is 0 Å². The third-order valence-corrected chi connectivity index (χ3v) is 4.16. The second-order valence-corrected chi connectivity index (χ2v) is 5.44. The lowest BCUT2D eigenvalue weighted by atomic mass is 10.2. The standard InChI is InChI=1S/C12H21N3S/c1-3-4-5-8-15(2)12-10(9-6-7-9)11(13)14-16-12/h9H,3-8H2,1-2H3,(H2,13,14). The van der Waals surface area contributed by atoms with E-state index in [-0.39, 0.29) is 0 Å². The largest absolute Gasteiger partial charge is 0.383 e. The molecule has 0 unspecified atom stereocenters. The van der Waals surface area contributed by atoms with Gasteiger partial charge < -0.3 is 10.6 Å². The maximum absolute atomic E-state index is 5.95. The fourth-order valence-corrected chi connectivity index (χ4v) is 2.92. The number of anilines is 2. The first-order valence-electron chi connectivity index (χ1n) is 6.20. The Hall–Kier alpha value is -0.770. The lowest BCUT2D eigenvalue weighted by molar-refractivity contribution is 0.706. The lowest BCUT2D eigenvalue weighted by Gasteiger charge is -2.18. The Balaban J connectivity index is 2.01. The van der Waals surface area contributed by atoms with Gasteiger partial charge in [-0.25, -0.2) is 0 Å². The van der Waals surface area contributed by atoms with Crippen molar-refractivity contribution in [2.24, 2.45) is 0 Å². The quantitative estimate of drug-likeness (QED) is 0.775. The summed E-state index contributed by atoms with van der Waals surface area (Å²) in [6.07, 6.45) is 6.41. The zero-order valence-corrected chi connectivity index (χ0v) is 11.0. The van der Waals surface area contributed by atoms with Gasteiger partial charge in [-0.2, -0.15) is 4.37 Å². The molecule has 16 heavy (non-hydrogen) atoms. The van der Waals surface area contributed by atoms with Gasteiger partial charge in [-0.05, 0) is 36.7 Å². The Kier molecular flexibility index (Phi) is 3.69. The number of nitrogens with zero attached hydrogens (tertiary/aromatic N) is 2. The van der Waals surface area contributed by atoms with E-state index in [1.807, 2.05) is 0 Å². The molecule has 0 aromatic carbocycles. The third kappa shape index (κ3) is 2.48. The van der Waals surface area contributed by atoms with E-state index >= 15 is 0 Å². The minimum atomic E-state index is 0.697. The highest BCUT2D eigenvalue weighted by atomic mass is 32.1. The van der Waals surface area contributed by atoms with Crippen LogP contribution in [0.2, 0.25) is 0 Å². The van der Waals surface area contributed by atoms with Crippen LogP contribution in [0.25, 0.3) is 0 Å². The molecule has 0 saturated heterocycles. The summed E-state index contributed by atoms with van der Waals surface area (Å²) in [6.45, 7) is 3.36. The fraction of sp³-hybridized carbons (Fsp3) is 0.750. The van der Waals surface area contributed by atoms with Crippen LogP contribution in [0, 0.1) is 0 Å². The molecule has 0 radical (unpaired) electrons. The molecule has 2 rings (SSSR count). The lowest BCUT2D eigenvalue weighted by Crippen LogP contribution is -2.18. The number of aromatic nitrogens is 1. The van der Waals surface area contributed by atoms with Crippen molar-refractivity contribution in [1.29, 1.82) is 0 Å². The monoisotopic (exact) mass is 239 g/mol. The van der Waals surface area contributed by atoms with E-state index in [1.54, 1.807) is 11.5 Å². The van der Waals surface area contributed by atoms with Crippen LogP contribution in [-0.2, 0) is 0 Å². The highest BCUT2D eigenvalue weighted by Crippen LogP contribution is 2.48. The molecule has 1 fully saturated rings. The number of nitrogen functional groups attached to an aromatic ring is 1. The minimum absolute atomic E-state index is 0.697. The maximum Gasteiger partial charge on any atom is 0.142 e. The van der Waals surface area contributed by atoms with Crippen LogP contribution in [0.5, 0.6) is 0 Å². The minimum Gasteiger partial charge on any atom is -0.383 e. The van der Waals surface area contributed by atoms with E-state index in [4.69, 9.17) is 5.73 Å². The molecule has 1 aliphatic carbocycles. The van der Waals surface area contributed by atoms with Crippen molar-refractivity contribution in [2.75, 3.05) is 24.2 Å². The molecular weight excluding hydrogens is 218 g/mol. The molecule has 0 atom stereocenters. The summed E-state index contributed by atoms with van der Waals surface area (Å²) >= 11 is 1.56. The molecule has 90 valence electrons. The first-order valence-corrected chi connectivity index (χ1v) is 6.97. The smallest absolute Gasteiger partial charge is 0.142 e. The average Bonchev–Trinajstić information content (AvgIpc) is 3.02. The highest BCUT2D eigenvalue weighted by molar-refractivity contribution is 7.10. The summed E-state index contributed by atoms with van der Waals surface area (Å²) in [5.41, 5.74) is 7.27. The molecule has 1 heterocycles. The van der Waals surface area contributed by atoms with Crippen molar-refractivity contribution in [3.05, 3.63) is 5.56 Å². The first-order chi connectivity index (χ1) is 7.74. The third-order valence-electron chi connectivity index (χ3n) is 3.17. The van der Waals surface area contributed by atoms with Crippen LogP contribution in [-0.4, -0.2) is 18.0 Å². The molecule has 1 saturated carbocycles. The molecule has 4 heteroatoms. The summed E-state index contributed by atoms with van der Waals surface area (Å²) in [6, 6.07) is 0. The molecule has 0 spiro atoms. The van der Waals surface area contributed by atoms with E-state index in [1.165, 1.54) is 42.7 Å². The van der Waals surface area contributed by atoms with E-state index in [2.05, 4.69) is 23.2 Å². The van der Waals surface area contributed by atoms with Crippen molar-refractivity contribution >= 4 is 22.4 Å². The summed E-state index contributed by atoms with van der Waals surface area (Å²) in [7, 11) is 2.16. The molecular formula is C12H21N3S. The van der Waals surface area contributed by atoms with Crippen molar-refractivity contribution in [3.63, 3.8) is 0 Å². The number of rotatable bonds is 6. The second-order valence-electron chi connectivity index (χ2n) is 4.69. The van der Waals surface area contributed by atoms with Gasteiger partial charge in [0.05, 0.1) is 0 Å². The summed E-state index contributed by atoms with van der Waals surface area (Å²) < 4.78 is 4.30. The SMILES string of the molecule is CCCCCN(C)c1snc(N)c1C1CC1. The Labute approximate surface area is 102 Å². The molecule has 1 aromatic heterocycles. The van der Waals surface area contributed by atoms with Gasteiger partial charge in [0.25, 0.3) is 0 Å². The number of unbranched alkanes of at least 4 members (excludes halogenated alkanes) is 2. The highest BCUT2D eigenvalue weighted by Gasteiger charge is 2.31. The molecule has 0 aliphatic heterocycles. The number of hydrogen-bond acceptors (Lipinski definition) is 4. The van der Waals surface area contributed by atoms with E-state index in [0.717, 1.165) is 12.4 Å². The van der Waals surface area contributed by atoms with Crippen molar-refractivity contribution in [3.8, 4) is 0 Å². The Bertz CT molecular complexity index is 344. The van der Waals surface area contributed by atoms with Gasteiger partial charge in [0.1, 0.15) is 10.8 Å². The van der Waals surface area contributed by atoms with Crippen LogP contribution in [0.3, 0.4) is 0 Å². The molecule has 0 amide bonds. The zero-order chi connectivity index (χ0) is 11.5. The summed E-state index contributed by atoms with van der Waals surface area (Å²) in [5, 5.41) is 1.30. The molecule has 1 aromatic rings. The Morgan fingerprint density at radius 3 is 2.81 bits per heavy atom. The molecule has 3 nitrogen and oxygen atoms in total. The summed E-state index contributed by atoms with van der Waals surface area (Å²) in [4.78, 5) is 2.33. The van der Waals surface area contributed by atoms with Crippen LogP contribution in [0.15, 0.2) is 0 Å². The second kappa shape index (κ2) is 5.04. The van der Waals surface area contributed by atoms with Crippen LogP contribution < -0.4 is 10.6 Å². The van der Waals surface area contributed by atoms with Gasteiger partial charge in [0.15, 0.2) is 0 Å². The molecule has 2 N–H and O–H groups in total. The predicted molar refractivity (Wildman–Crippen MR) is 71.3 cm³/mol. The molecule has 0 bridgehead atoms. The Morgan fingerprint density at radius 2 is 2.19 bits per heavy atom. The number of nitrogens with two attached hydrogens (primary N) is 1. The summed E-state index contributed by atoms with van der Waals surface area (Å²) in [5.74, 6) is 1.47. The van der Waals surface area contributed by atoms with E-state index < -0.39 is 0 Å². The average molecular weight is 239 g/mol. The normalized spacial score (nSPS) is 15.4. The maximum atomic E-state index is 5.95. The predicted octanol–water partition coefficient (Wildman–Crippen LogP) is 3.23. The Morgan fingerprint density at radius 1 is 1.44 bits per heavy atom. The van der Waals surface area contributed by atoms with Crippen LogP contribution in [0.4, 0.5) is 10.8 Å². The van der Waals surface area contributed by atoms with E-state index in [9.17, 15) is 0 Å². The van der Waals surface area contributed by atoms with Crippen molar-refractivity contribution in [1.82, 2.24) is 4.37 Å². The van der Waals surface area contributed by atoms with E-state index in [0.29, 0.717) is 5.92 Å². The van der Waals surface area contributed by atoms with Crippen molar-refractivity contribution < 1.29 is 0 Å². The first kappa shape index (κ1) is 11.7. The fourth-order valence-electron chi connectivity index (χ4n) is 2.03. The van der Waals surface area contributed by atoms with Gasteiger partial charge in [-0.3, -0.25) is 0 Å². The topological polar surface area (TPSA) is 42.2 Å². The zero-order valence-electron chi connectivity index (χ0n) is 10.2. The van der Waals surface area contributed by atoms with Crippen LogP contribution >= 0.6 is 11.5 Å². The number of hydrogen-bond donors (Lipinski definition) is 1. The van der Waals surface area contributed by atoms with Gasteiger partial charge in [0, 0.05) is 19.2 Å². The van der Waals surface area contributed by atoms with Crippen molar-refractivity contribution in [2.45, 2.75) is 44.9 Å². The molecule has 1 aliphatic rings. The van der Waals surface area contributed by atoms with Gasteiger partial charge in [-0.15, -0.1) is 0 Å². The van der Waals surface area contributed by atoms with Crippen LogP contribution in [0.1, 0.15) is 50.5 Å².